The van der Waals surface area contributed by atoms with Crippen LogP contribution in [0.2, 0.25) is 10.0 Å². The van der Waals surface area contributed by atoms with Crippen LogP contribution in [0.15, 0.2) is 89.8 Å². The van der Waals surface area contributed by atoms with E-state index in [1.807, 2.05) is 30.3 Å². The number of benzene rings is 3. The Bertz CT molecular complexity index is 1170. The number of hydrogen-bond donors (Lipinski definition) is 0. The molecule has 4 aromatic rings. The maximum atomic E-state index is 12.8. The average Bonchev–Trinajstić information content (AvgIpc) is 2.76. The molecule has 0 N–H and O–H groups in total. The van der Waals surface area contributed by atoms with E-state index in [0.717, 1.165) is 5.56 Å². The quantitative estimate of drug-likeness (QED) is 0.331. The van der Waals surface area contributed by atoms with Gasteiger partial charge in [-0.1, -0.05) is 53.5 Å². The van der Waals surface area contributed by atoms with Crippen LogP contribution in [0.4, 0.5) is 0 Å². The molecular weight excluding hydrogens is 439 g/mol. The molecule has 0 bridgehead atoms. The van der Waals surface area contributed by atoms with Crippen LogP contribution in [0, 0.1) is 0 Å². The van der Waals surface area contributed by atoms with Crippen LogP contribution in [0.1, 0.15) is 5.69 Å². The average molecular weight is 455 g/mol. The minimum absolute atomic E-state index is 0.223. The summed E-state index contributed by atoms with van der Waals surface area (Å²) in [5, 5.41) is 1.22. The lowest BCUT2D eigenvalue weighted by molar-refractivity contribution is 0.461. The fourth-order valence-corrected chi connectivity index (χ4v) is 4.02. The van der Waals surface area contributed by atoms with Gasteiger partial charge in [-0.3, -0.25) is 4.21 Å². The minimum Gasteiger partial charge on any atom is -0.439 e. The fourth-order valence-electron chi connectivity index (χ4n) is 2.74. The third-order valence-corrected chi connectivity index (χ3v) is 6.04. The van der Waals surface area contributed by atoms with Crippen molar-refractivity contribution in [3.63, 3.8) is 0 Å². The third-order valence-electron chi connectivity index (χ3n) is 4.18. The molecule has 0 aliphatic carbocycles. The van der Waals surface area contributed by atoms with E-state index in [1.165, 1.54) is 0 Å². The van der Waals surface area contributed by atoms with E-state index in [2.05, 4.69) is 9.97 Å². The molecule has 150 valence electrons. The van der Waals surface area contributed by atoms with Crippen LogP contribution in [-0.4, -0.2) is 14.2 Å². The van der Waals surface area contributed by atoms with Crippen LogP contribution >= 0.6 is 23.2 Å². The normalized spacial score (nSPS) is 11.8. The molecule has 0 aliphatic heterocycles. The molecule has 30 heavy (non-hydrogen) atoms. The van der Waals surface area contributed by atoms with Crippen LogP contribution < -0.4 is 4.74 Å². The van der Waals surface area contributed by atoms with Gasteiger partial charge in [0.2, 0.25) is 5.88 Å². The highest BCUT2D eigenvalue weighted by Crippen LogP contribution is 2.26. The van der Waals surface area contributed by atoms with Crippen molar-refractivity contribution in [2.45, 2.75) is 10.6 Å². The molecule has 3 aromatic carbocycles. The standard InChI is InChI=1S/C23H16Cl2N2O2S/c24-17-6-10-20(11-7-17)29-22-14-19(15-30(28)21-12-8-18(25)9-13-21)26-23(27-22)16-4-2-1-3-5-16/h1-14H,15H2. The van der Waals surface area contributed by atoms with Crippen molar-refractivity contribution in [2.75, 3.05) is 0 Å². The molecule has 1 aromatic heterocycles. The molecule has 1 atom stereocenters. The molecule has 0 amide bonds. The Balaban J connectivity index is 1.67. The Kier molecular flexibility index (Phi) is 6.43. The largest absolute Gasteiger partial charge is 0.439 e. The molecule has 0 saturated carbocycles. The summed E-state index contributed by atoms with van der Waals surface area (Å²) in [5.41, 5.74) is 1.46. The third kappa shape index (κ3) is 5.25. The Hall–Kier alpha value is -2.73. The van der Waals surface area contributed by atoms with E-state index in [9.17, 15) is 4.21 Å². The highest BCUT2D eigenvalue weighted by Gasteiger charge is 2.13. The molecule has 0 spiro atoms. The minimum atomic E-state index is -1.29. The lowest BCUT2D eigenvalue weighted by Crippen LogP contribution is -2.03. The summed E-state index contributed by atoms with van der Waals surface area (Å²) in [4.78, 5) is 9.82. The van der Waals surface area contributed by atoms with Gasteiger partial charge in [-0.05, 0) is 48.5 Å². The van der Waals surface area contributed by atoms with Gasteiger partial charge in [0.1, 0.15) is 5.75 Å². The molecule has 0 aliphatic rings. The van der Waals surface area contributed by atoms with Crippen molar-refractivity contribution >= 4 is 34.0 Å². The van der Waals surface area contributed by atoms with E-state index in [4.69, 9.17) is 27.9 Å². The number of ether oxygens (including phenoxy) is 1. The highest BCUT2D eigenvalue weighted by molar-refractivity contribution is 7.84. The van der Waals surface area contributed by atoms with Crippen molar-refractivity contribution in [1.29, 1.82) is 0 Å². The molecule has 1 unspecified atom stereocenters. The first-order valence-corrected chi connectivity index (χ1v) is 11.1. The number of rotatable bonds is 6. The van der Waals surface area contributed by atoms with Crippen molar-refractivity contribution in [2.24, 2.45) is 0 Å². The number of aromatic nitrogens is 2. The van der Waals surface area contributed by atoms with Gasteiger partial charge in [0.05, 0.1) is 22.2 Å². The maximum Gasteiger partial charge on any atom is 0.223 e. The van der Waals surface area contributed by atoms with Gasteiger partial charge >= 0.3 is 0 Å². The van der Waals surface area contributed by atoms with Crippen LogP contribution in [-0.2, 0) is 16.6 Å². The molecule has 4 rings (SSSR count). The van der Waals surface area contributed by atoms with E-state index >= 15 is 0 Å². The zero-order valence-corrected chi connectivity index (χ0v) is 18.0. The Labute approximate surface area is 187 Å². The van der Waals surface area contributed by atoms with Crippen LogP contribution in [0.5, 0.6) is 11.6 Å². The van der Waals surface area contributed by atoms with E-state index in [-0.39, 0.29) is 5.75 Å². The maximum absolute atomic E-state index is 12.8. The Morgan fingerprint density at radius 2 is 1.43 bits per heavy atom. The summed E-state index contributed by atoms with van der Waals surface area (Å²) in [6, 6.07) is 25.2. The predicted molar refractivity (Wildman–Crippen MR) is 121 cm³/mol. The molecule has 1 heterocycles. The fraction of sp³-hybridized carbons (Fsp3) is 0.0435. The number of hydrogen-bond acceptors (Lipinski definition) is 4. The van der Waals surface area contributed by atoms with E-state index < -0.39 is 10.8 Å². The second kappa shape index (κ2) is 9.39. The highest BCUT2D eigenvalue weighted by atomic mass is 35.5. The summed E-state index contributed by atoms with van der Waals surface area (Å²) in [6.07, 6.45) is 0. The van der Waals surface area contributed by atoms with Gasteiger partial charge < -0.3 is 4.74 Å². The van der Waals surface area contributed by atoms with Crippen LogP contribution in [0.3, 0.4) is 0 Å². The lowest BCUT2D eigenvalue weighted by atomic mass is 10.2. The number of halogens is 2. The van der Waals surface area contributed by atoms with Gasteiger partial charge in [0.25, 0.3) is 0 Å². The zero-order valence-electron chi connectivity index (χ0n) is 15.7. The van der Waals surface area contributed by atoms with Gasteiger partial charge in [-0.15, -0.1) is 0 Å². The van der Waals surface area contributed by atoms with Crippen molar-refractivity contribution < 1.29 is 8.95 Å². The van der Waals surface area contributed by atoms with E-state index in [0.29, 0.717) is 38.1 Å². The molecule has 0 saturated heterocycles. The SMILES string of the molecule is O=S(Cc1cc(Oc2ccc(Cl)cc2)nc(-c2ccccc2)n1)c1ccc(Cl)cc1. The van der Waals surface area contributed by atoms with Gasteiger partial charge in [0.15, 0.2) is 5.82 Å². The van der Waals surface area contributed by atoms with Gasteiger partial charge in [0, 0.05) is 26.6 Å². The zero-order chi connectivity index (χ0) is 20.9. The van der Waals surface area contributed by atoms with Crippen molar-refractivity contribution in [3.8, 4) is 23.0 Å². The first-order chi connectivity index (χ1) is 14.6. The Morgan fingerprint density at radius 1 is 0.800 bits per heavy atom. The first kappa shape index (κ1) is 20.5. The van der Waals surface area contributed by atoms with E-state index in [1.54, 1.807) is 54.6 Å². The second-order valence-electron chi connectivity index (χ2n) is 6.39. The van der Waals surface area contributed by atoms with Crippen molar-refractivity contribution in [3.05, 3.63) is 101 Å². The summed E-state index contributed by atoms with van der Waals surface area (Å²) < 4.78 is 18.7. The summed E-state index contributed by atoms with van der Waals surface area (Å²) in [6.45, 7) is 0. The van der Waals surface area contributed by atoms with Crippen molar-refractivity contribution in [1.82, 2.24) is 9.97 Å². The molecule has 7 heteroatoms. The topological polar surface area (TPSA) is 52.1 Å². The summed E-state index contributed by atoms with van der Waals surface area (Å²) in [5.74, 6) is 1.70. The Morgan fingerprint density at radius 3 is 2.10 bits per heavy atom. The lowest BCUT2D eigenvalue weighted by Gasteiger charge is -2.10. The van der Waals surface area contributed by atoms with Gasteiger partial charge in [-0.25, -0.2) is 4.98 Å². The summed E-state index contributed by atoms with van der Waals surface area (Å²) >= 11 is 11.9. The smallest absolute Gasteiger partial charge is 0.223 e. The predicted octanol–water partition coefficient (Wildman–Crippen LogP) is 6.55. The molecular formula is C23H16Cl2N2O2S. The molecule has 0 radical (unpaired) electrons. The summed E-state index contributed by atoms with van der Waals surface area (Å²) in [7, 11) is -1.29. The van der Waals surface area contributed by atoms with Gasteiger partial charge in [-0.2, -0.15) is 4.98 Å². The first-order valence-electron chi connectivity index (χ1n) is 9.07. The monoisotopic (exact) mass is 454 g/mol. The second-order valence-corrected chi connectivity index (χ2v) is 8.71. The number of nitrogens with zero attached hydrogens (tertiary/aromatic N) is 2. The van der Waals surface area contributed by atoms with Crippen LogP contribution in [0.25, 0.3) is 11.4 Å². The molecule has 4 nitrogen and oxygen atoms in total. The molecule has 0 fully saturated rings.